The average Bonchev–Trinajstić information content (AvgIpc) is 3.56. The normalized spacial score (nSPS) is 14.3. The van der Waals surface area contributed by atoms with Crippen LogP contribution in [0.15, 0.2) is 24.3 Å². The van der Waals surface area contributed by atoms with Gasteiger partial charge in [0.25, 0.3) is 0 Å². The minimum atomic E-state index is -4.96. The Labute approximate surface area is 542 Å². The number of esters is 4. The molecule has 0 spiro atoms. The van der Waals surface area contributed by atoms with E-state index in [1.165, 1.54) is 148 Å². The number of phosphoric acid groups is 2. The van der Waals surface area contributed by atoms with Gasteiger partial charge >= 0.3 is 39.5 Å². The van der Waals surface area contributed by atoms with E-state index in [0.717, 1.165) is 109 Å². The van der Waals surface area contributed by atoms with E-state index in [-0.39, 0.29) is 25.7 Å². The maximum atomic E-state index is 13.0. The van der Waals surface area contributed by atoms with E-state index >= 15 is 0 Å². The number of hydrogen-bond acceptors (Lipinski definition) is 15. The Balaban J connectivity index is 5.28. The van der Waals surface area contributed by atoms with Crippen LogP contribution in [0.25, 0.3) is 0 Å². The maximum absolute atomic E-state index is 13.0. The minimum absolute atomic E-state index is 0.0854. The van der Waals surface area contributed by atoms with Gasteiger partial charge in [-0.2, -0.15) is 0 Å². The lowest BCUT2D eigenvalue weighted by atomic mass is 10.0. The monoisotopic (exact) mass is 1310 g/mol. The topological polar surface area (TPSA) is 237 Å². The van der Waals surface area contributed by atoms with Crippen molar-refractivity contribution in [2.75, 3.05) is 39.6 Å². The van der Waals surface area contributed by atoms with Crippen molar-refractivity contribution in [2.45, 2.75) is 355 Å². The summed E-state index contributed by atoms with van der Waals surface area (Å²) in [5.41, 5.74) is 0. The second-order valence-corrected chi connectivity index (χ2v) is 28.0. The molecule has 0 aromatic heterocycles. The molecule has 2 unspecified atom stereocenters. The Hall–Kier alpha value is -2.46. The molecule has 524 valence electrons. The summed E-state index contributed by atoms with van der Waals surface area (Å²) in [6.07, 6.45) is 52.1. The molecular formula is C70H132O17P2. The highest BCUT2D eigenvalue weighted by atomic mass is 31.2. The Bertz CT molecular complexity index is 1810. The highest BCUT2D eigenvalue weighted by Gasteiger charge is 2.30. The lowest BCUT2D eigenvalue weighted by molar-refractivity contribution is -0.161. The van der Waals surface area contributed by atoms with Crippen molar-refractivity contribution in [3.63, 3.8) is 0 Å². The van der Waals surface area contributed by atoms with Crippen LogP contribution in [-0.4, -0.2) is 96.7 Å². The quantitative estimate of drug-likeness (QED) is 0.0169. The standard InChI is InChI=1S/C70H132O17P2/c1-6-9-12-15-18-21-24-26-27-29-31-34-40-45-50-55-69(74)86-65(59-81-68(73)54-49-44-39-33-30-28-25-22-19-16-13-10-7-2)61-84-88(76,77)82-57-64(71)58-83-89(78,79)85-62-66(60-80-67(72)53-48-43-38-32-23-20-17-14-11-8-3)87-70(75)56-51-46-41-36-35-37-42-47-52-63(4)5/h21,24,26-27,63-66,71H,6-20,22-23,25,28-62H2,1-5H3,(H,76,77)(H,78,79)/b24-21-,27-26-/t64-,65-,66-/m1/s1. The number of carbonyl (C=O) groups is 4. The molecule has 0 saturated heterocycles. The van der Waals surface area contributed by atoms with Gasteiger partial charge in [-0.3, -0.25) is 37.3 Å². The van der Waals surface area contributed by atoms with Crippen LogP contribution in [0, 0.1) is 5.92 Å². The largest absolute Gasteiger partial charge is 0.472 e. The van der Waals surface area contributed by atoms with Crippen LogP contribution in [0.5, 0.6) is 0 Å². The van der Waals surface area contributed by atoms with Crippen molar-refractivity contribution in [3.05, 3.63) is 24.3 Å². The Morgan fingerprint density at radius 1 is 0.348 bits per heavy atom. The predicted octanol–water partition coefficient (Wildman–Crippen LogP) is 19.7. The Kier molecular flexibility index (Phi) is 61.2. The van der Waals surface area contributed by atoms with Gasteiger partial charge in [0.05, 0.1) is 26.4 Å². The summed E-state index contributed by atoms with van der Waals surface area (Å²) < 4.78 is 68.2. The van der Waals surface area contributed by atoms with Crippen LogP contribution in [-0.2, 0) is 65.4 Å². The van der Waals surface area contributed by atoms with Crippen molar-refractivity contribution in [1.29, 1.82) is 0 Å². The van der Waals surface area contributed by atoms with Crippen molar-refractivity contribution in [2.24, 2.45) is 5.92 Å². The van der Waals surface area contributed by atoms with Crippen molar-refractivity contribution in [3.8, 4) is 0 Å². The first-order chi connectivity index (χ1) is 43.0. The summed E-state index contributed by atoms with van der Waals surface area (Å²) >= 11 is 0. The number of aliphatic hydroxyl groups is 1. The molecule has 0 aromatic rings. The third-order valence-electron chi connectivity index (χ3n) is 15.7. The first-order valence-electron chi connectivity index (χ1n) is 36.0. The summed E-state index contributed by atoms with van der Waals surface area (Å²) in [4.78, 5) is 72.5. The molecule has 19 heteroatoms. The van der Waals surface area contributed by atoms with Crippen LogP contribution in [0.3, 0.4) is 0 Å². The summed E-state index contributed by atoms with van der Waals surface area (Å²) in [5.74, 6) is -1.44. The molecule has 0 aliphatic heterocycles. The van der Waals surface area contributed by atoms with E-state index in [9.17, 15) is 43.2 Å². The summed E-state index contributed by atoms with van der Waals surface area (Å²) in [6.45, 7) is 7.13. The number of carbonyl (C=O) groups excluding carboxylic acids is 4. The van der Waals surface area contributed by atoms with Gasteiger partial charge in [-0.15, -0.1) is 0 Å². The number of allylic oxidation sites excluding steroid dienone is 4. The molecule has 0 bridgehead atoms. The van der Waals surface area contributed by atoms with Crippen LogP contribution in [0.4, 0.5) is 0 Å². The van der Waals surface area contributed by atoms with Crippen LogP contribution < -0.4 is 0 Å². The van der Waals surface area contributed by atoms with Gasteiger partial charge in [-0.25, -0.2) is 9.13 Å². The SMILES string of the molecule is CCCCCC/C=C\C=C/CCCCCCCC(=O)O[C@H](COC(=O)CCCCCCCCCCCCCCC)COP(=O)(O)OC[C@@H](O)COP(=O)(O)OC[C@@H](COC(=O)CCCCCCCCCCCC)OC(=O)CCCCCCCCCCC(C)C. The van der Waals surface area contributed by atoms with E-state index in [2.05, 4.69) is 58.9 Å². The fourth-order valence-corrected chi connectivity index (χ4v) is 11.7. The molecule has 3 N–H and O–H groups in total. The predicted molar refractivity (Wildman–Crippen MR) is 358 cm³/mol. The van der Waals surface area contributed by atoms with Gasteiger partial charge in [0.15, 0.2) is 12.2 Å². The molecule has 17 nitrogen and oxygen atoms in total. The Morgan fingerprint density at radius 2 is 0.607 bits per heavy atom. The van der Waals surface area contributed by atoms with Gasteiger partial charge < -0.3 is 33.8 Å². The first kappa shape index (κ1) is 86.5. The van der Waals surface area contributed by atoms with Crippen molar-refractivity contribution < 1.29 is 80.2 Å². The van der Waals surface area contributed by atoms with E-state index in [1.807, 2.05) is 0 Å². The summed E-state index contributed by atoms with van der Waals surface area (Å²) in [6, 6.07) is 0. The Morgan fingerprint density at radius 3 is 0.921 bits per heavy atom. The second-order valence-electron chi connectivity index (χ2n) is 25.1. The van der Waals surface area contributed by atoms with Crippen LogP contribution in [0.1, 0.15) is 336 Å². The van der Waals surface area contributed by atoms with Crippen LogP contribution in [0.2, 0.25) is 0 Å². The number of hydrogen-bond donors (Lipinski definition) is 3. The van der Waals surface area contributed by atoms with Gasteiger partial charge in [0.1, 0.15) is 19.3 Å². The zero-order valence-corrected chi connectivity index (χ0v) is 58.8. The molecule has 89 heavy (non-hydrogen) atoms. The lowest BCUT2D eigenvalue weighted by Crippen LogP contribution is -2.30. The van der Waals surface area contributed by atoms with E-state index in [4.69, 9.17) is 37.0 Å². The lowest BCUT2D eigenvalue weighted by Gasteiger charge is -2.21. The van der Waals surface area contributed by atoms with Crippen LogP contribution >= 0.6 is 15.6 Å². The second kappa shape index (κ2) is 63.0. The fraction of sp³-hybridized carbons (Fsp3) is 0.886. The molecule has 0 saturated carbocycles. The number of phosphoric ester groups is 2. The molecule has 0 fully saturated rings. The molecule has 5 atom stereocenters. The third kappa shape index (κ3) is 64.1. The maximum Gasteiger partial charge on any atom is 0.472 e. The molecule has 0 heterocycles. The fourth-order valence-electron chi connectivity index (χ4n) is 10.1. The summed E-state index contributed by atoms with van der Waals surface area (Å²) in [7, 11) is -9.91. The highest BCUT2D eigenvalue weighted by Crippen LogP contribution is 2.45. The van der Waals surface area contributed by atoms with E-state index in [1.54, 1.807) is 0 Å². The van der Waals surface area contributed by atoms with E-state index < -0.39 is 97.5 Å². The zero-order valence-electron chi connectivity index (χ0n) is 57.0. The third-order valence-corrected chi connectivity index (χ3v) is 17.6. The van der Waals surface area contributed by atoms with Gasteiger partial charge in [-0.05, 0) is 57.3 Å². The summed E-state index contributed by atoms with van der Waals surface area (Å²) in [5, 5.41) is 10.6. The molecule has 0 rings (SSSR count). The zero-order chi connectivity index (χ0) is 65.6. The molecule has 0 aliphatic rings. The van der Waals surface area contributed by atoms with Crippen molar-refractivity contribution >= 4 is 39.5 Å². The number of aliphatic hydroxyl groups excluding tert-OH is 1. The number of unbranched alkanes of at least 4 members (excludes halogenated alkanes) is 37. The average molecular weight is 1310 g/mol. The molecule has 0 aliphatic carbocycles. The smallest absolute Gasteiger partial charge is 0.462 e. The van der Waals surface area contributed by atoms with Gasteiger partial charge in [0, 0.05) is 25.7 Å². The molecular weight excluding hydrogens is 1170 g/mol. The minimum Gasteiger partial charge on any atom is -0.462 e. The highest BCUT2D eigenvalue weighted by molar-refractivity contribution is 7.47. The van der Waals surface area contributed by atoms with Gasteiger partial charge in [0.2, 0.25) is 0 Å². The molecule has 0 aromatic carbocycles. The van der Waals surface area contributed by atoms with Crippen molar-refractivity contribution in [1.82, 2.24) is 0 Å². The van der Waals surface area contributed by atoms with Gasteiger partial charge in [-0.1, -0.05) is 284 Å². The molecule has 0 radical (unpaired) electrons. The molecule has 0 amide bonds. The van der Waals surface area contributed by atoms with E-state index in [0.29, 0.717) is 25.7 Å². The first-order valence-corrected chi connectivity index (χ1v) is 38.9. The number of rotatable bonds is 68. The number of ether oxygens (including phenoxy) is 4.